The number of ketones is 3. The van der Waals surface area contributed by atoms with Gasteiger partial charge in [0.15, 0.2) is 28.8 Å². The Hall–Kier alpha value is -5.13. The van der Waals surface area contributed by atoms with Crippen molar-refractivity contribution in [3.8, 4) is 40.1 Å². The molecule has 12 nitrogen and oxygen atoms in total. The molecule has 0 amide bonds. The van der Waals surface area contributed by atoms with Crippen LogP contribution < -0.4 is 19.5 Å². The fourth-order valence-electron chi connectivity index (χ4n) is 5.08. The highest BCUT2D eigenvalue weighted by Crippen LogP contribution is 2.57. The summed E-state index contributed by atoms with van der Waals surface area (Å²) in [5.41, 5.74) is -1.05. The fraction of sp³-hybridized carbons (Fsp3) is 0.276. The Labute approximate surface area is 234 Å². The molecule has 0 saturated heterocycles. The summed E-state index contributed by atoms with van der Waals surface area (Å²) in [4.78, 5) is 43.7. The number of hydrogen-bond donors (Lipinski definition) is 3. The number of hydrogen-bond acceptors (Lipinski definition) is 12. The average molecular weight is 562 g/mol. The first kappa shape index (κ1) is 27.4. The van der Waals surface area contributed by atoms with Crippen molar-refractivity contribution in [2.24, 2.45) is 0 Å². The maximum absolute atomic E-state index is 13.9. The normalized spacial score (nSPS) is 18.7. The third kappa shape index (κ3) is 4.10. The molecule has 0 radical (unpaired) electrons. The second-order valence-electron chi connectivity index (χ2n) is 9.82. The molecule has 2 heterocycles. The van der Waals surface area contributed by atoms with Crippen molar-refractivity contribution in [3.63, 3.8) is 0 Å². The van der Waals surface area contributed by atoms with Crippen molar-refractivity contribution in [3.05, 3.63) is 63.9 Å². The number of rotatable bonds is 7. The molecule has 5 rings (SSSR count). The summed E-state index contributed by atoms with van der Waals surface area (Å²) in [6, 6.07) is 5.16. The van der Waals surface area contributed by atoms with Crippen LogP contribution in [0.4, 0.5) is 0 Å². The van der Waals surface area contributed by atoms with E-state index in [9.17, 15) is 24.6 Å². The van der Waals surface area contributed by atoms with Crippen molar-refractivity contribution in [2.45, 2.75) is 39.7 Å². The van der Waals surface area contributed by atoms with Crippen LogP contribution in [0.25, 0.3) is 11.4 Å². The number of nitrogens with zero attached hydrogens (tertiary/aromatic N) is 2. The Bertz CT molecular complexity index is 1720. The molecule has 1 atom stereocenters. The summed E-state index contributed by atoms with van der Waals surface area (Å²) < 4.78 is 21.7. The van der Waals surface area contributed by atoms with Gasteiger partial charge in [-0.15, -0.1) is 0 Å². The Kier molecular flexibility index (Phi) is 6.56. The molecule has 1 aromatic heterocycles. The van der Waals surface area contributed by atoms with Gasteiger partial charge in [-0.3, -0.25) is 14.4 Å². The topological polar surface area (TPSA) is 170 Å². The molecule has 1 aliphatic carbocycles. The molecule has 2 aliphatic rings. The van der Waals surface area contributed by atoms with E-state index in [2.05, 4.69) is 15.5 Å². The number of aromatic hydroxyl groups is 2. The quantitative estimate of drug-likeness (QED) is 0.218. The van der Waals surface area contributed by atoms with Gasteiger partial charge in [0, 0.05) is 22.9 Å². The number of fused-ring (bicyclic) bond motifs is 3. The van der Waals surface area contributed by atoms with Crippen LogP contribution in [0.5, 0.6) is 28.7 Å². The molecule has 0 fully saturated rings. The van der Waals surface area contributed by atoms with Gasteiger partial charge < -0.3 is 34.3 Å². The lowest BCUT2D eigenvalue weighted by atomic mass is 9.70. The summed E-state index contributed by atoms with van der Waals surface area (Å²) in [6.07, 6.45) is 1.15. The monoisotopic (exact) mass is 561 g/mol. The minimum Gasteiger partial charge on any atom is -0.507 e. The Morgan fingerprint density at radius 3 is 2.46 bits per heavy atom. The van der Waals surface area contributed by atoms with Crippen molar-refractivity contribution in [1.29, 1.82) is 0 Å². The number of phenols is 2. The number of aromatic nitrogens is 2. The van der Waals surface area contributed by atoms with Crippen molar-refractivity contribution in [1.82, 2.24) is 15.5 Å². The zero-order valence-corrected chi connectivity index (χ0v) is 23.2. The van der Waals surface area contributed by atoms with E-state index in [0.29, 0.717) is 22.9 Å². The second-order valence-corrected chi connectivity index (χ2v) is 9.82. The van der Waals surface area contributed by atoms with Crippen LogP contribution in [-0.4, -0.2) is 51.9 Å². The summed E-state index contributed by atoms with van der Waals surface area (Å²) in [6.45, 7) is 5.71. The number of ether oxygens (including phenoxy) is 3. The van der Waals surface area contributed by atoms with Crippen LogP contribution in [0.1, 0.15) is 48.1 Å². The second kappa shape index (κ2) is 9.81. The molecular weight excluding hydrogens is 534 g/mol. The lowest BCUT2D eigenvalue weighted by Gasteiger charge is -2.29. The first-order valence-corrected chi connectivity index (χ1v) is 12.5. The third-order valence-electron chi connectivity index (χ3n) is 7.37. The van der Waals surface area contributed by atoms with Crippen LogP contribution in [0.15, 0.2) is 45.8 Å². The van der Waals surface area contributed by atoms with Crippen molar-refractivity contribution >= 4 is 17.3 Å². The summed E-state index contributed by atoms with van der Waals surface area (Å²) in [7, 11) is 3.04. The smallest absolute Gasteiger partial charge is 0.246 e. The number of methoxy groups -OCH3 is 2. The van der Waals surface area contributed by atoms with Crippen LogP contribution in [0, 0.1) is 6.92 Å². The highest BCUT2D eigenvalue weighted by atomic mass is 16.5. The van der Waals surface area contributed by atoms with Crippen LogP contribution in [0.2, 0.25) is 0 Å². The Morgan fingerprint density at radius 2 is 1.80 bits per heavy atom. The maximum Gasteiger partial charge on any atom is 0.246 e. The molecule has 0 unspecified atom stereocenters. The highest BCUT2D eigenvalue weighted by molar-refractivity contribution is 6.31. The average Bonchev–Trinajstić information content (AvgIpc) is 3.53. The van der Waals surface area contributed by atoms with Gasteiger partial charge in [0.1, 0.15) is 34.0 Å². The molecule has 2 aromatic carbocycles. The third-order valence-corrected chi connectivity index (χ3v) is 7.37. The predicted molar refractivity (Wildman–Crippen MR) is 143 cm³/mol. The molecule has 212 valence electrons. The van der Waals surface area contributed by atoms with Gasteiger partial charge in [0.25, 0.3) is 0 Å². The lowest BCUT2D eigenvalue weighted by molar-refractivity contribution is -0.123. The van der Waals surface area contributed by atoms with Gasteiger partial charge in [-0.1, -0.05) is 5.16 Å². The number of carbonyl (C=O) groups is 3. The van der Waals surface area contributed by atoms with E-state index in [-0.39, 0.29) is 51.9 Å². The number of benzene rings is 2. The molecule has 0 saturated carbocycles. The molecule has 0 spiro atoms. The fourth-order valence-corrected chi connectivity index (χ4v) is 5.08. The Morgan fingerprint density at radius 1 is 1.10 bits per heavy atom. The zero-order valence-electron chi connectivity index (χ0n) is 23.2. The lowest BCUT2D eigenvalue weighted by Crippen LogP contribution is -2.41. The van der Waals surface area contributed by atoms with Crippen LogP contribution >= 0.6 is 0 Å². The molecule has 1 aliphatic heterocycles. The largest absolute Gasteiger partial charge is 0.507 e. The summed E-state index contributed by atoms with van der Waals surface area (Å²) in [5, 5.41) is 28.4. The van der Waals surface area contributed by atoms with E-state index >= 15 is 0 Å². The minimum absolute atomic E-state index is 0.00324. The highest BCUT2D eigenvalue weighted by Gasteiger charge is 2.56. The summed E-state index contributed by atoms with van der Waals surface area (Å²) in [5.74, 6) is -1.29. The summed E-state index contributed by atoms with van der Waals surface area (Å²) >= 11 is 0. The number of phenolic OH excluding ortho intramolecular Hbond substituents is 2. The van der Waals surface area contributed by atoms with E-state index in [1.165, 1.54) is 35.0 Å². The molecule has 41 heavy (non-hydrogen) atoms. The molecule has 0 bridgehead atoms. The first-order valence-electron chi connectivity index (χ1n) is 12.5. The van der Waals surface area contributed by atoms with Gasteiger partial charge >= 0.3 is 0 Å². The molecule has 3 aromatic rings. The van der Waals surface area contributed by atoms with E-state index in [1.54, 1.807) is 25.1 Å². The first-order chi connectivity index (χ1) is 19.4. The predicted octanol–water partition coefficient (Wildman–Crippen LogP) is 3.43. The maximum atomic E-state index is 13.9. The van der Waals surface area contributed by atoms with Gasteiger partial charge in [-0.05, 0) is 45.9 Å². The Balaban J connectivity index is 1.46. The van der Waals surface area contributed by atoms with Gasteiger partial charge in [0.05, 0.1) is 31.9 Å². The molecule has 12 heteroatoms. The minimum atomic E-state index is -1.61. The van der Waals surface area contributed by atoms with E-state index in [0.717, 1.165) is 6.08 Å². The number of Topliss-reactive ketones (excluding diaryl/α,β-unsaturated/α-hetero) is 2. The van der Waals surface area contributed by atoms with Crippen LogP contribution in [-0.2, 0) is 21.5 Å². The molecule has 3 N–H and O–H groups in total. The van der Waals surface area contributed by atoms with E-state index in [4.69, 9.17) is 18.7 Å². The van der Waals surface area contributed by atoms with Crippen LogP contribution in [0.3, 0.4) is 0 Å². The number of nitrogens with one attached hydrogen (secondary N) is 1. The van der Waals surface area contributed by atoms with E-state index in [1.807, 2.05) is 0 Å². The standard InChI is InChI=1S/C29H27N3O9/c1-12-24(35)22(14(3)33)26-23(25(12)36)29(4)19(40-26)10-16(34)21(27(29)37)13(2)30-11-20-31-28(32-41-20)15-7-8-17(38-5)18(9-15)39-6/h7-10,30,35-36H,11H2,1-6H3/b21-13+/t29-/m1/s1. The molecular formula is C29H27N3O9. The number of carbonyl (C=O) groups excluding carboxylic acids is 3. The van der Waals surface area contributed by atoms with Crippen molar-refractivity contribution in [2.75, 3.05) is 14.2 Å². The van der Waals surface area contributed by atoms with Crippen molar-refractivity contribution < 1.29 is 43.3 Å². The van der Waals surface area contributed by atoms with E-state index < -0.39 is 34.3 Å². The SMILES string of the molecule is COc1ccc(-c2noc(CN/C(C)=C3\C(=O)C=C4Oc5c(C(C)=O)c(O)c(C)c(O)c5[C@]4(C)C3=O)n2)cc1OC. The van der Waals surface area contributed by atoms with Gasteiger partial charge in [-0.25, -0.2) is 0 Å². The zero-order chi connectivity index (χ0) is 29.8. The van der Waals surface area contributed by atoms with Gasteiger partial charge in [-0.2, -0.15) is 4.98 Å². The number of allylic oxidation sites excluding steroid dienone is 4. The van der Waals surface area contributed by atoms with Gasteiger partial charge in [0.2, 0.25) is 11.7 Å².